The lowest BCUT2D eigenvalue weighted by atomic mass is 10.0. The van der Waals surface area contributed by atoms with Crippen molar-refractivity contribution >= 4 is 26.8 Å². The van der Waals surface area contributed by atoms with E-state index in [1.807, 2.05) is 55.5 Å². The number of nitrogens with zero attached hydrogens (tertiary/aromatic N) is 3. The van der Waals surface area contributed by atoms with Crippen LogP contribution >= 0.6 is 0 Å². The maximum atomic E-state index is 13.5. The van der Waals surface area contributed by atoms with Crippen molar-refractivity contribution < 1.29 is 22.7 Å². The second-order valence-corrected chi connectivity index (χ2v) is 11.7. The van der Waals surface area contributed by atoms with Crippen LogP contribution in [0.5, 0.6) is 11.5 Å². The molecular formula is C28H30N4O5S. The molecule has 1 amide bonds. The van der Waals surface area contributed by atoms with Crippen LogP contribution in [0.3, 0.4) is 0 Å². The second kappa shape index (κ2) is 10.4. The number of aromatic nitrogens is 3. The predicted octanol–water partition coefficient (Wildman–Crippen LogP) is 3.76. The van der Waals surface area contributed by atoms with Crippen molar-refractivity contribution in [1.82, 2.24) is 20.1 Å². The number of carbonyl (C=O) groups excluding carboxylic acids is 1. The molecule has 38 heavy (non-hydrogen) atoms. The number of hydrogen-bond acceptors (Lipinski definition) is 7. The van der Waals surface area contributed by atoms with Crippen LogP contribution in [-0.2, 0) is 16.3 Å². The number of pyridine rings is 1. The molecule has 1 aliphatic rings. The zero-order valence-corrected chi connectivity index (χ0v) is 22.4. The molecule has 1 saturated heterocycles. The first-order valence-corrected chi connectivity index (χ1v) is 14.3. The summed E-state index contributed by atoms with van der Waals surface area (Å²) in [6.45, 7) is 2.26. The standard InChI is InChI=1S/C28H30N4O5S/c1-18-26-24(28(33)29-13-11-19-5-4-6-23(15-19)37-3)16-25(20-7-9-22(36-2)10-8-20)30-27(26)32(31-18)21-12-14-38(34,35)17-21/h4-10,15-16,21H,11-14,17H2,1-3H3,(H,29,33). The highest BCUT2D eigenvalue weighted by atomic mass is 32.2. The van der Waals surface area contributed by atoms with E-state index < -0.39 is 9.84 Å². The third-order valence-electron chi connectivity index (χ3n) is 6.85. The number of ether oxygens (including phenoxy) is 2. The molecule has 0 aliphatic carbocycles. The molecular weight excluding hydrogens is 504 g/mol. The van der Waals surface area contributed by atoms with E-state index in [0.29, 0.717) is 53.1 Å². The summed E-state index contributed by atoms with van der Waals surface area (Å²) in [4.78, 5) is 18.4. The van der Waals surface area contributed by atoms with Gasteiger partial charge in [0.2, 0.25) is 0 Å². The van der Waals surface area contributed by atoms with Crippen LogP contribution in [0, 0.1) is 6.92 Å². The van der Waals surface area contributed by atoms with Gasteiger partial charge in [-0.25, -0.2) is 18.1 Å². The molecule has 10 heteroatoms. The van der Waals surface area contributed by atoms with Crippen LogP contribution in [-0.4, -0.2) is 61.4 Å². The highest BCUT2D eigenvalue weighted by molar-refractivity contribution is 7.91. The topological polar surface area (TPSA) is 112 Å². The quantitative estimate of drug-likeness (QED) is 0.366. The maximum Gasteiger partial charge on any atom is 0.252 e. The van der Waals surface area contributed by atoms with Gasteiger partial charge in [0.25, 0.3) is 5.91 Å². The van der Waals surface area contributed by atoms with Gasteiger partial charge in [-0.2, -0.15) is 5.10 Å². The molecule has 4 aromatic rings. The van der Waals surface area contributed by atoms with Gasteiger partial charge < -0.3 is 14.8 Å². The normalized spacial score (nSPS) is 16.4. The Labute approximate surface area is 221 Å². The second-order valence-electron chi connectivity index (χ2n) is 9.43. The lowest BCUT2D eigenvalue weighted by Crippen LogP contribution is -2.26. The number of carbonyl (C=O) groups is 1. The van der Waals surface area contributed by atoms with Crippen LogP contribution < -0.4 is 14.8 Å². The van der Waals surface area contributed by atoms with E-state index in [2.05, 4.69) is 10.4 Å². The number of hydrogen-bond donors (Lipinski definition) is 1. The molecule has 0 saturated carbocycles. The monoisotopic (exact) mass is 534 g/mol. The fraction of sp³-hybridized carbons (Fsp3) is 0.321. The molecule has 9 nitrogen and oxygen atoms in total. The van der Waals surface area contributed by atoms with Gasteiger partial charge in [0.15, 0.2) is 15.5 Å². The number of sulfone groups is 1. The first-order valence-electron chi connectivity index (χ1n) is 12.4. The van der Waals surface area contributed by atoms with Crippen molar-refractivity contribution in [2.75, 3.05) is 32.3 Å². The van der Waals surface area contributed by atoms with Crippen molar-refractivity contribution in [3.8, 4) is 22.8 Å². The van der Waals surface area contributed by atoms with Crippen LogP contribution in [0.15, 0.2) is 54.6 Å². The molecule has 1 atom stereocenters. The number of rotatable bonds is 8. The fourth-order valence-corrected chi connectivity index (χ4v) is 6.56. The molecule has 0 spiro atoms. The van der Waals surface area contributed by atoms with E-state index in [4.69, 9.17) is 14.5 Å². The molecule has 0 radical (unpaired) electrons. The summed E-state index contributed by atoms with van der Waals surface area (Å²) in [5.74, 6) is 1.37. The first-order chi connectivity index (χ1) is 18.3. The molecule has 2 aromatic heterocycles. The number of amides is 1. The lowest BCUT2D eigenvalue weighted by molar-refractivity contribution is 0.0955. The lowest BCUT2D eigenvalue weighted by Gasteiger charge is -2.13. The fourth-order valence-electron chi connectivity index (χ4n) is 4.87. The summed E-state index contributed by atoms with van der Waals surface area (Å²) >= 11 is 0. The van der Waals surface area contributed by atoms with Crippen molar-refractivity contribution in [1.29, 1.82) is 0 Å². The summed E-state index contributed by atoms with van der Waals surface area (Å²) in [5.41, 5.74) is 4.06. The zero-order chi connectivity index (χ0) is 26.9. The Hall–Kier alpha value is -3.92. The number of fused-ring (bicyclic) bond motifs is 1. The summed E-state index contributed by atoms with van der Waals surface area (Å²) in [6.07, 6.45) is 1.11. The Balaban J connectivity index is 1.52. The highest BCUT2D eigenvalue weighted by Crippen LogP contribution is 2.32. The van der Waals surface area contributed by atoms with E-state index in [-0.39, 0.29) is 23.5 Å². The van der Waals surface area contributed by atoms with Crippen LogP contribution in [0.4, 0.5) is 0 Å². The Morgan fingerprint density at radius 2 is 1.84 bits per heavy atom. The minimum absolute atomic E-state index is 0.0136. The maximum absolute atomic E-state index is 13.5. The van der Waals surface area contributed by atoms with E-state index >= 15 is 0 Å². The van der Waals surface area contributed by atoms with Gasteiger partial charge in [-0.05, 0) is 67.8 Å². The van der Waals surface area contributed by atoms with E-state index in [1.165, 1.54) is 0 Å². The molecule has 3 heterocycles. The Morgan fingerprint density at radius 3 is 2.53 bits per heavy atom. The molecule has 0 bridgehead atoms. The van der Waals surface area contributed by atoms with E-state index in [1.54, 1.807) is 25.0 Å². The Kier molecular flexibility index (Phi) is 7.07. The average molecular weight is 535 g/mol. The molecule has 1 unspecified atom stereocenters. The van der Waals surface area contributed by atoms with Gasteiger partial charge >= 0.3 is 0 Å². The largest absolute Gasteiger partial charge is 0.497 e. The van der Waals surface area contributed by atoms with Crippen molar-refractivity contribution in [2.45, 2.75) is 25.8 Å². The van der Waals surface area contributed by atoms with Crippen molar-refractivity contribution in [2.24, 2.45) is 0 Å². The molecule has 1 N–H and O–H groups in total. The third-order valence-corrected chi connectivity index (χ3v) is 8.61. The van der Waals surface area contributed by atoms with Crippen LogP contribution in [0.1, 0.15) is 34.1 Å². The molecule has 198 valence electrons. The first kappa shape index (κ1) is 25.7. The SMILES string of the molecule is COc1ccc(-c2cc(C(=O)NCCc3cccc(OC)c3)c3c(C)nn(C4CCS(=O)(=O)C4)c3n2)cc1. The van der Waals surface area contributed by atoms with Gasteiger partial charge in [-0.1, -0.05) is 12.1 Å². The van der Waals surface area contributed by atoms with Crippen molar-refractivity contribution in [3.05, 3.63) is 71.4 Å². The van der Waals surface area contributed by atoms with Crippen molar-refractivity contribution in [3.63, 3.8) is 0 Å². The third kappa shape index (κ3) is 5.22. The minimum atomic E-state index is -3.13. The van der Waals surface area contributed by atoms with Gasteiger partial charge in [-0.3, -0.25) is 4.79 Å². The number of methoxy groups -OCH3 is 2. The summed E-state index contributed by atoms with van der Waals surface area (Å²) in [7, 11) is 0.0923. The zero-order valence-electron chi connectivity index (χ0n) is 21.6. The summed E-state index contributed by atoms with van der Waals surface area (Å²) < 4.78 is 36.7. The van der Waals surface area contributed by atoms with Gasteiger partial charge in [0.1, 0.15) is 11.5 Å². The van der Waals surface area contributed by atoms with E-state index in [9.17, 15) is 13.2 Å². The smallest absolute Gasteiger partial charge is 0.252 e. The molecule has 5 rings (SSSR count). The average Bonchev–Trinajstić information content (AvgIpc) is 3.46. The molecule has 1 fully saturated rings. The molecule has 2 aromatic carbocycles. The van der Waals surface area contributed by atoms with Gasteiger partial charge in [-0.15, -0.1) is 0 Å². The number of aryl methyl sites for hydroxylation is 1. The van der Waals surface area contributed by atoms with Crippen LogP contribution in [0.2, 0.25) is 0 Å². The summed E-state index contributed by atoms with van der Waals surface area (Å²) in [5, 5.41) is 8.33. The Morgan fingerprint density at radius 1 is 1.08 bits per heavy atom. The number of nitrogens with one attached hydrogen (secondary N) is 1. The molecule has 1 aliphatic heterocycles. The van der Waals surface area contributed by atoms with Gasteiger partial charge in [0.05, 0.1) is 54.1 Å². The van der Waals surface area contributed by atoms with Crippen LogP contribution in [0.25, 0.3) is 22.3 Å². The highest BCUT2D eigenvalue weighted by Gasteiger charge is 2.32. The Bertz CT molecular complexity index is 1600. The number of benzene rings is 2. The predicted molar refractivity (Wildman–Crippen MR) is 146 cm³/mol. The van der Waals surface area contributed by atoms with Gasteiger partial charge in [0, 0.05) is 12.1 Å². The van der Waals surface area contributed by atoms with E-state index in [0.717, 1.165) is 16.9 Å². The minimum Gasteiger partial charge on any atom is -0.497 e. The summed E-state index contributed by atoms with van der Waals surface area (Å²) in [6, 6.07) is 16.6.